The van der Waals surface area contributed by atoms with Gasteiger partial charge in [-0.2, -0.15) is 9.97 Å². The van der Waals surface area contributed by atoms with Gasteiger partial charge in [-0.05, 0) is 55.0 Å². The van der Waals surface area contributed by atoms with Crippen LogP contribution >= 0.6 is 0 Å². The number of nitrogens with two attached hydrogens (primary N) is 3. The van der Waals surface area contributed by atoms with Crippen molar-refractivity contribution in [1.82, 2.24) is 25.3 Å². The number of carboxylic acid groups (broad SMARTS) is 3. The third-order valence-corrected chi connectivity index (χ3v) is 5.88. The Morgan fingerprint density at radius 3 is 2.09 bits per heavy atom. The van der Waals surface area contributed by atoms with Gasteiger partial charge >= 0.3 is 17.9 Å². The average molecular weight is 592 g/mol. The number of amides is 1. The van der Waals surface area contributed by atoms with Gasteiger partial charge in [-0.25, -0.2) is 19.6 Å². The lowest BCUT2D eigenvalue weighted by Crippen LogP contribution is -2.41. The van der Waals surface area contributed by atoms with Crippen LogP contribution in [0.1, 0.15) is 39.3 Å². The van der Waals surface area contributed by atoms with E-state index in [2.05, 4.69) is 25.3 Å². The Labute approximate surface area is 244 Å². The van der Waals surface area contributed by atoms with Crippen molar-refractivity contribution >= 4 is 58.1 Å². The molecule has 1 amide bonds. The van der Waals surface area contributed by atoms with Gasteiger partial charge in [0.1, 0.15) is 6.04 Å². The number of anilines is 4. The summed E-state index contributed by atoms with van der Waals surface area (Å²) in [7, 11) is 1.82. The van der Waals surface area contributed by atoms with Crippen LogP contribution in [0.2, 0.25) is 0 Å². The van der Waals surface area contributed by atoms with Gasteiger partial charge in [-0.1, -0.05) is 0 Å². The minimum atomic E-state index is -1.30. The monoisotopic (exact) mass is 591 g/mol. The summed E-state index contributed by atoms with van der Waals surface area (Å²) < 4.78 is 0. The van der Waals surface area contributed by atoms with E-state index in [1.807, 2.05) is 11.9 Å². The first-order valence-corrected chi connectivity index (χ1v) is 12.5. The van der Waals surface area contributed by atoms with Gasteiger partial charge in [0.15, 0.2) is 17.0 Å². The molecule has 4 aromatic rings. The van der Waals surface area contributed by atoms with E-state index in [-0.39, 0.29) is 35.7 Å². The number of carbonyl (C=O) groups is 4. The summed E-state index contributed by atoms with van der Waals surface area (Å²) in [6.45, 7) is 0.370. The first kappa shape index (κ1) is 31.5. The van der Waals surface area contributed by atoms with Crippen molar-refractivity contribution in [3.8, 4) is 0 Å². The number of carbonyl (C=O) groups excluding carboxylic acids is 1. The Balaban J connectivity index is 0.000000428. The summed E-state index contributed by atoms with van der Waals surface area (Å²) in [4.78, 5) is 63.0. The van der Waals surface area contributed by atoms with Crippen LogP contribution in [-0.4, -0.2) is 72.2 Å². The summed E-state index contributed by atoms with van der Waals surface area (Å²) in [6.07, 6.45) is 0.964. The maximum Gasteiger partial charge on any atom is 0.335 e. The first-order valence-electron chi connectivity index (χ1n) is 12.5. The van der Waals surface area contributed by atoms with Gasteiger partial charge in [-0.15, -0.1) is 0 Å². The van der Waals surface area contributed by atoms with Crippen LogP contribution in [0.3, 0.4) is 0 Å². The van der Waals surface area contributed by atoms with E-state index >= 15 is 0 Å². The van der Waals surface area contributed by atoms with Crippen LogP contribution in [0.15, 0.2) is 54.7 Å². The first-order chi connectivity index (χ1) is 20.3. The topological polar surface area (TPSA) is 274 Å². The Morgan fingerprint density at radius 2 is 1.51 bits per heavy atom. The van der Waals surface area contributed by atoms with E-state index in [1.54, 1.807) is 30.5 Å². The zero-order chi connectivity index (χ0) is 31.7. The maximum atomic E-state index is 12.4. The summed E-state index contributed by atoms with van der Waals surface area (Å²) in [5.41, 5.74) is 19.8. The number of benzene rings is 2. The fourth-order valence-electron chi connectivity index (χ4n) is 3.65. The molecule has 10 N–H and O–H groups in total. The van der Waals surface area contributed by atoms with Crippen LogP contribution in [0.25, 0.3) is 11.2 Å². The molecule has 2 heterocycles. The van der Waals surface area contributed by atoms with Crippen molar-refractivity contribution in [1.29, 1.82) is 0 Å². The summed E-state index contributed by atoms with van der Waals surface area (Å²) in [5.74, 6) is -3.84. The lowest BCUT2D eigenvalue weighted by Gasteiger charge is -2.19. The number of nitrogen functional groups attached to an aromatic ring is 3. The van der Waals surface area contributed by atoms with Gasteiger partial charge in [0.25, 0.3) is 5.91 Å². The highest BCUT2D eigenvalue weighted by molar-refractivity contribution is 5.97. The summed E-state index contributed by atoms with van der Waals surface area (Å²) in [6, 6.07) is 11.2. The predicted molar refractivity (Wildman–Crippen MR) is 156 cm³/mol. The number of aromatic carboxylic acids is 1. The van der Waals surface area contributed by atoms with Crippen LogP contribution in [0, 0.1) is 0 Å². The minimum absolute atomic E-state index is 0.0138. The van der Waals surface area contributed by atoms with E-state index in [4.69, 9.17) is 27.4 Å². The van der Waals surface area contributed by atoms with Gasteiger partial charge < -0.3 is 42.7 Å². The fourth-order valence-corrected chi connectivity index (χ4v) is 3.65. The van der Waals surface area contributed by atoms with Gasteiger partial charge in [0.2, 0.25) is 5.95 Å². The number of hydrogen-bond donors (Lipinski definition) is 7. The smallest absolute Gasteiger partial charge is 0.335 e. The molecule has 0 fully saturated rings. The molecule has 0 spiro atoms. The SMILES string of the molecule is CN(Cc1cnc2nc(N)nc(N)c2n1)c1ccc(C(=O)N[C@@H](CCC(=O)O)C(=O)O)cc1.Nc1ccc(C(=O)O)cc1. The molecule has 0 aliphatic carbocycles. The van der Waals surface area contributed by atoms with Gasteiger partial charge in [0.05, 0.1) is 24.0 Å². The third-order valence-electron chi connectivity index (χ3n) is 5.88. The zero-order valence-electron chi connectivity index (χ0n) is 22.8. The van der Waals surface area contributed by atoms with Crippen LogP contribution in [0.5, 0.6) is 0 Å². The van der Waals surface area contributed by atoms with Crippen molar-refractivity contribution in [3.63, 3.8) is 0 Å². The van der Waals surface area contributed by atoms with E-state index in [0.717, 1.165) is 5.69 Å². The van der Waals surface area contributed by atoms with Crippen molar-refractivity contribution < 1.29 is 34.5 Å². The van der Waals surface area contributed by atoms with Crippen molar-refractivity contribution in [3.05, 3.63) is 71.5 Å². The Kier molecular flexibility index (Phi) is 10.3. The molecule has 0 saturated heterocycles. The zero-order valence-corrected chi connectivity index (χ0v) is 22.8. The van der Waals surface area contributed by atoms with Crippen LogP contribution in [-0.2, 0) is 16.1 Å². The number of hydrogen-bond acceptors (Lipinski definition) is 12. The molecule has 4 rings (SSSR count). The highest BCUT2D eigenvalue weighted by Crippen LogP contribution is 2.19. The van der Waals surface area contributed by atoms with E-state index in [0.29, 0.717) is 29.1 Å². The Hall–Kier alpha value is -6.06. The van der Waals surface area contributed by atoms with E-state index in [9.17, 15) is 24.3 Å². The molecule has 1 atom stereocenters. The molecule has 0 saturated carbocycles. The molecule has 2 aromatic heterocycles. The Morgan fingerprint density at radius 1 is 0.884 bits per heavy atom. The number of nitrogens with one attached hydrogen (secondary N) is 1. The standard InChI is InChI=1S/C20H22N8O5.C7H7NO2/c1-28(9-11-8-23-17-15(24-11)16(21)26-20(22)27-17)12-4-2-10(3-5-12)18(31)25-13(19(32)33)6-7-14(29)30;8-6-3-1-5(2-4-6)7(9)10/h2-5,8,13H,6-7,9H2,1H3,(H,25,31)(H,29,30)(H,32,33)(H4,21,22,23,26,27);1-4H,8H2,(H,9,10)/t13-;/m0./s1. The number of nitrogens with zero attached hydrogens (tertiary/aromatic N) is 5. The lowest BCUT2D eigenvalue weighted by atomic mass is 10.1. The molecule has 16 heteroatoms. The molecule has 16 nitrogen and oxygen atoms in total. The third kappa shape index (κ3) is 8.97. The van der Waals surface area contributed by atoms with Crippen molar-refractivity contribution in [2.24, 2.45) is 0 Å². The normalized spacial score (nSPS) is 11.1. The number of carboxylic acids is 3. The molecule has 0 aliphatic rings. The average Bonchev–Trinajstić information content (AvgIpc) is 2.95. The number of aromatic nitrogens is 4. The molecular formula is C27H29N9O7. The number of rotatable bonds is 10. The van der Waals surface area contributed by atoms with Gasteiger partial charge in [0, 0.05) is 30.4 Å². The second kappa shape index (κ2) is 14.0. The second-order valence-corrected chi connectivity index (χ2v) is 9.13. The molecule has 0 aliphatic heterocycles. The molecule has 43 heavy (non-hydrogen) atoms. The predicted octanol–water partition coefficient (Wildman–Crippen LogP) is 1.24. The molecular weight excluding hydrogens is 562 g/mol. The number of fused-ring (bicyclic) bond motifs is 1. The number of aliphatic carboxylic acids is 2. The van der Waals surface area contributed by atoms with E-state index < -0.39 is 29.9 Å². The van der Waals surface area contributed by atoms with Gasteiger partial charge in [-0.3, -0.25) is 9.59 Å². The lowest BCUT2D eigenvalue weighted by molar-refractivity contribution is -0.140. The molecule has 0 radical (unpaired) electrons. The Bertz CT molecular complexity index is 1630. The molecule has 0 bridgehead atoms. The fraction of sp³-hybridized carbons (Fsp3) is 0.185. The van der Waals surface area contributed by atoms with Crippen molar-refractivity contribution in [2.45, 2.75) is 25.4 Å². The summed E-state index contributed by atoms with van der Waals surface area (Å²) >= 11 is 0. The minimum Gasteiger partial charge on any atom is -0.481 e. The van der Waals surface area contributed by atoms with E-state index in [1.165, 1.54) is 24.3 Å². The maximum absolute atomic E-state index is 12.4. The second-order valence-electron chi connectivity index (χ2n) is 9.13. The quantitative estimate of drug-likeness (QED) is 0.128. The molecule has 2 aromatic carbocycles. The highest BCUT2D eigenvalue weighted by atomic mass is 16.4. The molecule has 224 valence electrons. The van der Waals surface area contributed by atoms with Crippen molar-refractivity contribution in [2.75, 3.05) is 29.1 Å². The van der Waals surface area contributed by atoms with Crippen LogP contribution in [0.4, 0.5) is 23.1 Å². The largest absolute Gasteiger partial charge is 0.481 e. The highest BCUT2D eigenvalue weighted by Gasteiger charge is 2.21. The summed E-state index contributed by atoms with van der Waals surface area (Å²) in [5, 5.41) is 28.7. The van der Waals surface area contributed by atoms with Crippen LogP contribution < -0.4 is 27.4 Å². The molecule has 0 unspecified atom stereocenters.